The van der Waals surface area contributed by atoms with Crippen molar-refractivity contribution in [3.05, 3.63) is 40.4 Å². The number of benzene rings is 1. The summed E-state index contributed by atoms with van der Waals surface area (Å²) in [7, 11) is 0. The molecule has 0 saturated heterocycles. The molecule has 0 aliphatic carbocycles. The van der Waals surface area contributed by atoms with E-state index in [4.69, 9.17) is 9.52 Å². The summed E-state index contributed by atoms with van der Waals surface area (Å²) < 4.78 is 4.92. The Morgan fingerprint density at radius 1 is 1.53 bits per heavy atom. The molecule has 5 nitrogen and oxygen atoms in total. The van der Waals surface area contributed by atoms with E-state index in [1.165, 1.54) is 0 Å². The maximum atomic E-state index is 11.0. The molecule has 2 N–H and O–H groups in total. The molecular formula is C12H11NO4. The maximum absolute atomic E-state index is 11.0. The van der Waals surface area contributed by atoms with Crippen molar-refractivity contribution in [1.29, 1.82) is 0 Å². The Bertz CT molecular complexity index is 648. The number of rotatable bonds is 3. The molecule has 0 atom stereocenters. The van der Waals surface area contributed by atoms with Crippen molar-refractivity contribution >= 4 is 22.6 Å². The van der Waals surface area contributed by atoms with E-state index in [2.05, 4.69) is 4.98 Å². The molecule has 2 rings (SSSR count). The fourth-order valence-electron chi connectivity index (χ4n) is 1.68. The van der Waals surface area contributed by atoms with E-state index in [-0.39, 0.29) is 0 Å². The van der Waals surface area contributed by atoms with Crippen LogP contribution in [0, 0.1) is 0 Å². The van der Waals surface area contributed by atoms with Gasteiger partial charge in [0.25, 0.3) is 0 Å². The molecule has 0 radical (unpaired) electrons. The van der Waals surface area contributed by atoms with Gasteiger partial charge in [-0.15, -0.1) is 0 Å². The van der Waals surface area contributed by atoms with E-state index >= 15 is 0 Å². The van der Waals surface area contributed by atoms with Gasteiger partial charge >= 0.3 is 11.7 Å². The van der Waals surface area contributed by atoms with E-state index in [1.54, 1.807) is 18.2 Å². The van der Waals surface area contributed by atoms with Crippen LogP contribution in [0.4, 0.5) is 0 Å². The van der Waals surface area contributed by atoms with Crippen molar-refractivity contribution in [1.82, 2.24) is 4.98 Å². The van der Waals surface area contributed by atoms with Gasteiger partial charge in [-0.2, -0.15) is 0 Å². The van der Waals surface area contributed by atoms with Gasteiger partial charge in [0.05, 0.1) is 5.52 Å². The van der Waals surface area contributed by atoms with Gasteiger partial charge in [-0.1, -0.05) is 13.0 Å². The lowest BCUT2D eigenvalue weighted by Gasteiger charge is -2.03. The van der Waals surface area contributed by atoms with Crippen molar-refractivity contribution in [3.8, 4) is 0 Å². The van der Waals surface area contributed by atoms with Crippen LogP contribution < -0.4 is 5.76 Å². The van der Waals surface area contributed by atoms with Crippen molar-refractivity contribution in [2.45, 2.75) is 13.3 Å². The highest BCUT2D eigenvalue weighted by Crippen LogP contribution is 2.21. The second-order valence-corrected chi connectivity index (χ2v) is 3.59. The number of aromatic nitrogens is 1. The van der Waals surface area contributed by atoms with Crippen LogP contribution >= 0.6 is 0 Å². The molecule has 0 aliphatic rings. The van der Waals surface area contributed by atoms with Gasteiger partial charge in [0.1, 0.15) is 0 Å². The molecule has 0 unspecified atom stereocenters. The van der Waals surface area contributed by atoms with Gasteiger partial charge in [0, 0.05) is 6.08 Å². The topological polar surface area (TPSA) is 83.3 Å². The molecule has 0 saturated carbocycles. The molecule has 0 amide bonds. The molecule has 5 heteroatoms. The number of fused-ring (bicyclic) bond motifs is 1. The Hall–Kier alpha value is -2.30. The van der Waals surface area contributed by atoms with Crippen LogP contribution in [-0.2, 0) is 4.79 Å². The average Bonchev–Trinajstić information content (AvgIpc) is 2.64. The highest BCUT2D eigenvalue weighted by Gasteiger charge is 2.06. The zero-order valence-corrected chi connectivity index (χ0v) is 9.19. The van der Waals surface area contributed by atoms with Crippen LogP contribution in [0.5, 0.6) is 0 Å². The van der Waals surface area contributed by atoms with Gasteiger partial charge in [-0.25, -0.2) is 9.59 Å². The summed E-state index contributed by atoms with van der Waals surface area (Å²) in [5.74, 6) is -1.50. The van der Waals surface area contributed by atoms with E-state index in [0.29, 0.717) is 23.1 Å². The molecule has 1 aromatic carbocycles. The third-order valence-corrected chi connectivity index (χ3v) is 2.47. The predicted molar refractivity (Wildman–Crippen MR) is 62.7 cm³/mol. The number of aliphatic carboxylic acids is 1. The highest BCUT2D eigenvalue weighted by molar-refractivity contribution is 5.91. The van der Waals surface area contributed by atoms with E-state index < -0.39 is 11.7 Å². The van der Waals surface area contributed by atoms with Gasteiger partial charge in [0.15, 0.2) is 5.58 Å². The lowest BCUT2D eigenvalue weighted by atomic mass is 10.0. The fraction of sp³-hybridized carbons (Fsp3) is 0.167. The number of hydrogen-bond acceptors (Lipinski definition) is 3. The first-order chi connectivity index (χ1) is 8.10. The lowest BCUT2D eigenvalue weighted by molar-refractivity contribution is -0.131. The molecule has 1 heterocycles. The maximum Gasteiger partial charge on any atom is 0.417 e. The minimum Gasteiger partial charge on any atom is -0.478 e. The van der Waals surface area contributed by atoms with Crippen LogP contribution in [0.1, 0.15) is 18.9 Å². The summed E-state index contributed by atoms with van der Waals surface area (Å²) in [6.45, 7) is 1.87. The molecule has 0 fully saturated rings. The number of nitrogens with one attached hydrogen (secondary N) is 1. The Balaban J connectivity index is 2.54. The summed E-state index contributed by atoms with van der Waals surface area (Å²) in [4.78, 5) is 24.2. The predicted octanol–water partition coefficient (Wildman–Crippen LogP) is 2.00. The van der Waals surface area contributed by atoms with E-state index in [1.807, 2.05) is 6.92 Å². The first-order valence-corrected chi connectivity index (χ1v) is 5.17. The van der Waals surface area contributed by atoms with Crippen molar-refractivity contribution < 1.29 is 14.3 Å². The van der Waals surface area contributed by atoms with Crippen molar-refractivity contribution in [2.75, 3.05) is 0 Å². The number of allylic oxidation sites excluding steroid dienone is 1. The first-order valence-electron chi connectivity index (χ1n) is 5.17. The standard InChI is InChI=1S/C12H11NO4/c1-2-7(6-11(14)15)8-3-4-9-10(5-8)17-12(16)13-9/h3-6H,2H2,1H3,(H,13,16)(H,14,15)/b7-6+. The van der Waals surface area contributed by atoms with Crippen LogP contribution in [0.2, 0.25) is 0 Å². The third kappa shape index (κ3) is 2.28. The Morgan fingerprint density at radius 2 is 2.29 bits per heavy atom. The number of oxazole rings is 1. The largest absolute Gasteiger partial charge is 0.478 e. The number of hydrogen-bond donors (Lipinski definition) is 2. The summed E-state index contributed by atoms with van der Waals surface area (Å²) >= 11 is 0. The van der Waals surface area contributed by atoms with Gasteiger partial charge < -0.3 is 9.52 Å². The molecule has 0 aliphatic heterocycles. The lowest BCUT2D eigenvalue weighted by Crippen LogP contribution is -1.92. The van der Waals surface area contributed by atoms with Crippen LogP contribution in [0.25, 0.3) is 16.7 Å². The molecule has 1 aromatic heterocycles. The number of carboxylic acids is 1. The molecule has 88 valence electrons. The van der Waals surface area contributed by atoms with E-state index in [9.17, 15) is 9.59 Å². The Kier molecular flexibility index (Phi) is 2.82. The quantitative estimate of drug-likeness (QED) is 0.794. The van der Waals surface area contributed by atoms with Gasteiger partial charge in [0.2, 0.25) is 0 Å². The molecular weight excluding hydrogens is 222 g/mol. The van der Waals surface area contributed by atoms with Crippen molar-refractivity contribution in [2.24, 2.45) is 0 Å². The zero-order chi connectivity index (χ0) is 12.4. The minimum absolute atomic E-state index is 0.428. The molecule has 0 spiro atoms. The zero-order valence-electron chi connectivity index (χ0n) is 9.19. The monoisotopic (exact) mass is 233 g/mol. The SMILES string of the molecule is CC/C(=C\C(=O)O)c1ccc2[nH]c(=O)oc2c1. The van der Waals surface area contributed by atoms with Gasteiger partial charge in [-0.3, -0.25) is 4.98 Å². The Labute approximate surface area is 96.4 Å². The van der Waals surface area contributed by atoms with E-state index in [0.717, 1.165) is 11.6 Å². The van der Waals surface area contributed by atoms with Crippen LogP contribution in [0.15, 0.2) is 33.5 Å². The molecule has 17 heavy (non-hydrogen) atoms. The smallest absolute Gasteiger partial charge is 0.417 e. The average molecular weight is 233 g/mol. The summed E-state index contributed by atoms with van der Waals surface area (Å²) in [6, 6.07) is 5.11. The second-order valence-electron chi connectivity index (χ2n) is 3.59. The number of carbonyl (C=O) groups is 1. The summed E-state index contributed by atoms with van der Waals surface area (Å²) in [5, 5.41) is 8.74. The summed E-state index contributed by atoms with van der Waals surface area (Å²) in [5.41, 5.74) is 2.45. The molecule has 2 aromatic rings. The van der Waals surface area contributed by atoms with Crippen LogP contribution in [0.3, 0.4) is 0 Å². The highest BCUT2D eigenvalue weighted by atomic mass is 16.4. The minimum atomic E-state index is -0.988. The molecule has 0 bridgehead atoms. The van der Waals surface area contributed by atoms with Crippen molar-refractivity contribution in [3.63, 3.8) is 0 Å². The third-order valence-electron chi connectivity index (χ3n) is 2.47. The number of H-pyrrole nitrogens is 1. The van der Waals surface area contributed by atoms with Gasteiger partial charge in [-0.05, 0) is 29.7 Å². The summed E-state index contributed by atoms with van der Waals surface area (Å²) in [6.07, 6.45) is 1.75. The second kappa shape index (κ2) is 4.29. The Morgan fingerprint density at radius 3 is 2.94 bits per heavy atom. The number of aromatic amines is 1. The normalized spacial score (nSPS) is 11.9. The number of carboxylic acid groups (broad SMARTS) is 1. The fourth-order valence-corrected chi connectivity index (χ4v) is 1.68. The first kappa shape index (κ1) is 11.2. The van der Waals surface area contributed by atoms with Crippen LogP contribution in [-0.4, -0.2) is 16.1 Å².